The predicted molar refractivity (Wildman–Crippen MR) is 113 cm³/mol. The van der Waals surface area contributed by atoms with Crippen molar-refractivity contribution in [2.45, 2.75) is 51.9 Å². The number of aromatic nitrogens is 2. The van der Waals surface area contributed by atoms with Gasteiger partial charge in [0.25, 0.3) is 0 Å². The number of hydrogen-bond acceptors (Lipinski definition) is 3. The van der Waals surface area contributed by atoms with Crippen LogP contribution in [0.15, 0.2) is 54.6 Å². The third-order valence-corrected chi connectivity index (χ3v) is 4.63. The van der Waals surface area contributed by atoms with Gasteiger partial charge in [0.05, 0.1) is 36.4 Å². The van der Waals surface area contributed by atoms with Crippen LogP contribution >= 0.6 is 12.4 Å². The number of rotatable bonds is 8. The van der Waals surface area contributed by atoms with Crippen molar-refractivity contribution in [1.82, 2.24) is 9.55 Å². The third kappa shape index (κ3) is 5.10. The molecular formula is C22H29ClN2O2. The van der Waals surface area contributed by atoms with Gasteiger partial charge >= 0.3 is 0 Å². The first kappa shape index (κ1) is 21.4. The van der Waals surface area contributed by atoms with E-state index >= 15 is 0 Å². The lowest BCUT2D eigenvalue weighted by molar-refractivity contribution is -0.0174. The number of imidazole rings is 1. The van der Waals surface area contributed by atoms with Crippen molar-refractivity contribution in [3.8, 4) is 0 Å². The van der Waals surface area contributed by atoms with Crippen LogP contribution in [0.5, 0.6) is 0 Å². The van der Waals surface area contributed by atoms with Crippen LogP contribution in [0.25, 0.3) is 11.0 Å². The maximum absolute atomic E-state index is 10.6. The second-order valence-electron chi connectivity index (χ2n) is 7.02. The Hall–Kier alpha value is -1.88. The van der Waals surface area contributed by atoms with Crippen LogP contribution in [0.2, 0.25) is 0 Å². The zero-order chi connectivity index (χ0) is 18.5. The third-order valence-electron chi connectivity index (χ3n) is 4.63. The molecule has 3 aromatic rings. The number of hydrogen-bond donors (Lipinski definition) is 1. The highest BCUT2D eigenvalue weighted by Crippen LogP contribution is 2.24. The van der Waals surface area contributed by atoms with Crippen molar-refractivity contribution in [3.05, 3.63) is 66.0 Å². The minimum atomic E-state index is -0.581. The van der Waals surface area contributed by atoms with Gasteiger partial charge in [-0.05, 0) is 24.1 Å². The SMILES string of the molecule is CCC(OCC(O)Cn1c(C(C)C)nc2ccccc21)c1ccccc1.Cl. The maximum Gasteiger partial charge on any atom is 0.112 e. The summed E-state index contributed by atoms with van der Waals surface area (Å²) in [5.74, 6) is 1.29. The van der Waals surface area contributed by atoms with Crippen LogP contribution in [-0.2, 0) is 11.3 Å². The standard InChI is InChI=1S/C22H28N2O2.ClH/c1-4-21(17-10-6-5-7-11-17)26-15-18(25)14-24-20-13-9-8-12-19(20)23-22(24)16(2)3;/h5-13,16,18,21,25H,4,14-15H2,1-3H3;1H. The molecule has 0 amide bonds. The molecule has 0 radical (unpaired) electrons. The maximum atomic E-state index is 10.6. The van der Waals surface area contributed by atoms with E-state index in [2.05, 4.69) is 43.5 Å². The van der Waals surface area contributed by atoms with Crippen LogP contribution < -0.4 is 0 Å². The first-order valence-corrected chi connectivity index (χ1v) is 9.40. The quantitative estimate of drug-likeness (QED) is 0.583. The monoisotopic (exact) mass is 388 g/mol. The summed E-state index contributed by atoms with van der Waals surface area (Å²) in [5, 5.41) is 10.6. The van der Waals surface area contributed by atoms with E-state index < -0.39 is 6.10 Å². The van der Waals surface area contributed by atoms with Crippen molar-refractivity contribution in [3.63, 3.8) is 0 Å². The number of benzene rings is 2. The smallest absolute Gasteiger partial charge is 0.112 e. The summed E-state index contributed by atoms with van der Waals surface area (Å²) < 4.78 is 8.14. The summed E-state index contributed by atoms with van der Waals surface area (Å²) in [6.45, 7) is 7.15. The van der Waals surface area contributed by atoms with Crippen molar-refractivity contribution in [1.29, 1.82) is 0 Å². The van der Waals surface area contributed by atoms with E-state index in [-0.39, 0.29) is 18.5 Å². The molecule has 146 valence electrons. The largest absolute Gasteiger partial charge is 0.389 e. The number of aliphatic hydroxyl groups is 1. The highest BCUT2D eigenvalue weighted by molar-refractivity contribution is 5.85. The van der Waals surface area contributed by atoms with Crippen LogP contribution in [0.3, 0.4) is 0 Å². The van der Waals surface area contributed by atoms with E-state index in [9.17, 15) is 5.11 Å². The highest BCUT2D eigenvalue weighted by Gasteiger charge is 2.18. The molecule has 5 heteroatoms. The van der Waals surface area contributed by atoms with Crippen molar-refractivity contribution >= 4 is 23.4 Å². The molecule has 0 aliphatic heterocycles. The number of ether oxygens (including phenoxy) is 1. The summed E-state index contributed by atoms with van der Waals surface area (Å²) in [5.41, 5.74) is 3.18. The average Bonchev–Trinajstić information content (AvgIpc) is 3.02. The fourth-order valence-corrected chi connectivity index (χ4v) is 3.33. The summed E-state index contributed by atoms with van der Waals surface area (Å²) in [6.07, 6.45) is 0.306. The van der Waals surface area contributed by atoms with Gasteiger partial charge in [0.2, 0.25) is 0 Å². The fraction of sp³-hybridized carbons (Fsp3) is 0.409. The van der Waals surface area contributed by atoms with Gasteiger partial charge in [-0.15, -0.1) is 12.4 Å². The number of nitrogens with zero attached hydrogens (tertiary/aromatic N) is 2. The molecule has 0 saturated carbocycles. The van der Waals surface area contributed by atoms with E-state index in [0.29, 0.717) is 19.1 Å². The van der Waals surface area contributed by atoms with Crippen LogP contribution in [0.4, 0.5) is 0 Å². The molecule has 0 aliphatic rings. The number of para-hydroxylation sites is 2. The number of halogens is 1. The summed E-state index contributed by atoms with van der Waals surface area (Å²) in [6, 6.07) is 18.3. The molecule has 2 unspecified atom stereocenters. The molecule has 4 nitrogen and oxygen atoms in total. The van der Waals surface area contributed by atoms with Gasteiger partial charge in [-0.25, -0.2) is 4.98 Å². The van der Waals surface area contributed by atoms with Gasteiger partial charge in [0.15, 0.2) is 0 Å². The molecule has 3 rings (SSSR count). The molecule has 1 heterocycles. The summed E-state index contributed by atoms with van der Waals surface area (Å²) in [7, 11) is 0. The molecule has 0 spiro atoms. The molecule has 0 saturated heterocycles. The summed E-state index contributed by atoms with van der Waals surface area (Å²) >= 11 is 0. The molecule has 0 bridgehead atoms. The van der Waals surface area contributed by atoms with Crippen LogP contribution in [0.1, 0.15) is 50.6 Å². The lowest BCUT2D eigenvalue weighted by Gasteiger charge is -2.20. The summed E-state index contributed by atoms with van der Waals surface area (Å²) in [4.78, 5) is 4.74. The molecular weight excluding hydrogens is 360 g/mol. The Kier molecular flexibility index (Phi) is 7.84. The zero-order valence-corrected chi connectivity index (χ0v) is 17.0. The lowest BCUT2D eigenvalue weighted by atomic mass is 10.1. The Labute approximate surface area is 167 Å². The second kappa shape index (κ2) is 9.88. The van der Waals surface area contributed by atoms with Gasteiger partial charge in [-0.3, -0.25) is 0 Å². The Balaban J connectivity index is 0.00000261. The molecule has 0 fully saturated rings. The minimum Gasteiger partial charge on any atom is -0.389 e. The van der Waals surface area contributed by atoms with E-state index in [4.69, 9.17) is 9.72 Å². The van der Waals surface area contributed by atoms with Crippen molar-refractivity contribution in [2.24, 2.45) is 0 Å². The lowest BCUT2D eigenvalue weighted by Crippen LogP contribution is -2.24. The van der Waals surface area contributed by atoms with E-state index in [1.165, 1.54) is 0 Å². The van der Waals surface area contributed by atoms with Crippen molar-refractivity contribution < 1.29 is 9.84 Å². The van der Waals surface area contributed by atoms with E-state index in [0.717, 1.165) is 28.8 Å². The van der Waals surface area contributed by atoms with Crippen LogP contribution in [0, 0.1) is 0 Å². The normalized spacial score (nSPS) is 13.5. The average molecular weight is 389 g/mol. The molecule has 1 N–H and O–H groups in total. The van der Waals surface area contributed by atoms with Gasteiger partial charge in [-0.1, -0.05) is 63.2 Å². The molecule has 1 aromatic heterocycles. The second-order valence-corrected chi connectivity index (χ2v) is 7.02. The Morgan fingerprint density at radius 2 is 1.70 bits per heavy atom. The predicted octanol–water partition coefficient (Wildman–Crippen LogP) is 5.11. The first-order chi connectivity index (χ1) is 12.6. The Bertz CT molecular complexity index is 833. The van der Waals surface area contributed by atoms with Gasteiger partial charge in [-0.2, -0.15) is 0 Å². The van der Waals surface area contributed by atoms with Crippen LogP contribution in [-0.4, -0.2) is 27.4 Å². The van der Waals surface area contributed by atoms with Crippen molar-refractivity contribution in [2.75, 3.05) is 6.61 Å². The Morgan fingerprint density at radius 1 is 1.04 bits per heavy atom. The van der Waals surface area contributed by atoms with Gasteiger partial charge in [0.1, 0.15) is 5.82 Å². The number of aliphatic hydroxyl groups excluding tert-OH is 1. The highest BCUT2D eigenvalue weighted by atomic mass is 35.5. The molecule has 2 aromatic carbocycles. The molecule has 0 aliphatic carbocycles. The topological polar surface area (TPSA) is 47.3 Å². The van der Waals surface area contributed by atoms with E-state index in [1.807, 2.05) is 36.4 Å². The molecule has 27 heavy (non-hydrogen) atoms. The van der Waals surface area contributed by atoms with E-state index in [1.54, 1.807) is 0 Å². The number of fused-ring (bicyclic) bond motifs is 1. The van der Waals surface area contributed by atoms with Gasteiger partial charge < -0.3 is 14.4 Å². The molecule has 2 atom stereocenters. The minimum absolute atomic E-state index is 0. The Morgan fingerprint density at radius 3 is 2.37 bits per heavy atom. The fourth-order valence-electron chi connectivity index (χ4n) is 3.33. The zero-order valence-electron chi connectivity index (χ0n) is 16.2. The van der Waals surface area contributed by atoms with Gasteiger partial charge in [0, 0.05) is 5.92 Å². The first-order valence-electron chi connectivity index (χ1n) is 9.40.